The molecule has 0 radical (unpaired) electrons. The number of hydrogen-bond acceptors (Lipinski definition) is 2. The Hall–Kier alpha value is -1.41. The van der Waals surface area contributed by atoms with Gasteiger partial charge in [-0.2, -0.15) is 0 Å². The molecule has 1 aromatic carbocycles. The van der Waals surface area contributed by atoms with Crippen molar-refractivity contribution in [3.8, 4) is 0 Å². The first-order valence-electron chi connectivity index (χ1n) is 6.23. The number of benzene rings is 1. The van der Waals surface area contributed by atoms with Gasteiger partial charge in [0.15, 0.2) is 0 Å². The fraction of sp³-hybridized carbons (Fsp3) is 0.400. The fourth-order valence-electron chi connectivity index (χ4n) is 2.19. The highest BCUT2D eigenvalue weighted by Gasteiger charge is 2.22. The van der Waals surface area contributed by atoms with Gasteiger partial charge in [0.2, 0.25) is 0 Å². The third-order valence-electron chi connectivity index (χ3n) is 3.34. The third kappa shape index (κ3) is 3.04. The van der Waals surface area contributed by atoms with Crippen molar-refractivity contribution < 1.29 is 4.79 Å². The lowest BCUT2D eigenvalue weighted by molar-refractivity contribution is -0.120. The summed E-state index contributed by atoms with van der Waals surface area (Å²) in [4.78, 5) is 12.0. The minimum absolute atomic E-state index is 0.0239. The van der Waals surface area contributed by atoms with Gasteiger partial charge in [-0.3, -0.25) is 4.79 Å². The molecule has 0 aliphatic heterocycles. The number of aryl methyl sites for hydroxylation is 1. The molecule has 2 rings (SSSR count). The summed E-state index contributed by atoms with van der Waals surface area (Å²) in [5.41, 5.74) is 8.16. The summed E-state index contributed by atoms with van der Waals surface area (Å²) in [7, 11) is 0. The Morgan fingerprint density at radius 1 is 1.24 bits per heavy atom. The van der Waals surface area contributed by atoms with E-state index in [0.717, 1.165) is 18.4 Å². The van der Waals surface area contributed by atoms with E-state index in [4.69, 9.17) is 5.73 Å². The first-order valence-corrected chi connectivity index (χ1v) is 6.23. The van der Waals surface area contributed by atoms with Gasteiger partial charge >= 0.3 is 0 Å². The molecule has 0 saturated carbocycles. The molecule has 17 heavy (non-hydrogen) atoms. The summed E-state index contributed by atoms with van der Waals surface area (Å²) in [6, 6.07) is 8.36. The Morgan fingerprint density at radius 2 is 1.88 bits per heavy atom. The number of nitrogens with two attached hydrogens (primary N) is 1. The molecule has 2 atom stereocenters. The molecule has 0 bridgehead atoms. The van der Waals surface area contributed by atoms with Gasteiger partial charge in [-0.05, 0) is 24.0 Å². The van der Waals surface area contributed by atoms with Crippen molar-refractivity contribution in [2.24, 2.45) is 11.7 Å². The summed E-state index contributed by atoms with van der Waals surface area (Å²) < 4.78 is 0. The molecule has 2 nitrogen and oxygen atoms in total. The van der Waals surface area contributed by atoms with Gasteiger partial charge in [0, 0.05) is 18.4 Å². The SMILES string of the molecule is CCc1ccc(CC(=O)C2C=CC(N)C2)cc1. The smallest absolute Gasteiger partial charge is 0.144 e. The topological polar surface area (TPSA) is 43.1 Å². The summed E-state index contributed by atoms with van der Waals surface area (Å²) >= 11 is 0. The zero-order valence-corrected chi connectivity index (χ0v) is 10.2. The Kier molecular flexibility index (Phi) is 3.75. The monoisotopic (exact) mass is 229 g/mol. The van der Waals surface area contributed by atoms with Gasteiger partial charge in [0.25, 0.3) is 0 Å². The zero-order chi connectivity index (χ0) is 12.3. The molecule has 2 unspecified atom stereocenters. The molecule has 0 amide bonds. The molecular formula is C15H19NO. The molecule has 0 heterocycles. The van der Waals surface area contributed by atoms with E-state index < -0.39 is 0 Å². The molecule has 0 fully saturated rings. The van der Waals surface area contributed by atoms with E-state index in [-0.39, 0.29) is 17.7 Å². The van der Waals surface area contributed by atoms with Crippen LogP contribution < -0.4 is 5.73 Å². The molecule has 0 spiro atoms. The van der Waals surface area contributed by atoms with Crippen LogP contribution >= 0.6 is 0 Å². The number of allylic oxidation sites excluding steroid dienone is 1. The number of carbonyl (C=O) groups is 1. The Bertz CT molecular complexity index is 419. The van der Waals surface area contributed by atoms with Crippen molar-refractivity contribution >= 4 is 5.78 Å². The van der Waals surface area contributed by atoms with Gasteiger partial charge in [-0.1, -0.05) is 43.3 Å². The van der Waals surface area contributed by atoms with Gasteiger partial charge in [-0.25, -0.2) is 0 Å². The average molecular weight is 229 g/mol. The molecule has 90 valence electrons. The van der Waals surface area contributed by atoms with Crippen LogP contribution in [-0.2, 0) is 17.6 Å². The van der Waals surface area contributed by atoms with Crippen molar-refractivity contribution in [2.45, 2.75) is 32.2 Å². The lowest BCUT2D eigenvalue weighted by Gasteiger charge is -2.08. The second kappa shape index (κ2) is 5.28. The van der Waals surface area contributed by atoms with E-state index in [1.54, 1.807) is 0 Å². The van der Waals surface area contributed by atoms with Crippen LogP contribution in [0.3, 0.4) is 0 Å². The predicted molar refractivity (Wildman–Crippen MR) is 69.8 cm³/mol. The third-order valence-corrected chi connectivity index (χ3v) is 3.34. The maximum atomic E-state index is 12.0. The minimum atomic E-state index is 0.0239. The first-order chi connectivity index (χ1) is 8.19. The molecule has 1 aliphatic carbocycles. The van der Waals surface area contributed by atoms with Crippen molar-refractivity contribution in [1.29, 1.82) is 0 Å². The second-order valence-corrected chi connectivity index (χ2v) is 4.70. The normalized spacial score (nSPS) is 22.9. The number of ketones is 1. The van der Waals surface area contributed by atoms with E-state index in [9.17, 15) is 4.79 Å². The van der Waals surface area contributed by atoms with Crippen LogP contribution in [0.25, 0.3) is 0 Å². The summed E-state index contributed by atoms with van der Waals surface area (Å²) in [5, 5.41) is 0. The molecule has 1 aromatic rings. The van der Waals surface area contributed by atoms with Crippen LogP contribution in [0.15, 0.2) is 36.4 Å². The average Bonchev–Trinajstić information content (AvgIpc) is 2.77. The highest BCUT2D eigenvalue weighted by Crippen LogP contribution is 2.19. The van der Waals surface area contributed by atoms with Crippen molar-refractivity contribution in [1.82, 2.24) is 0 Å². The van der Waals surface area contributed by atoms with Crippen molar-refractivity contribution in [2.75, 3.05) is 0 Å². The van der Waals surface area contributed by atoms with Gasteiger partial charge in [0.05, 0.1) is 0 Å². The second-order valence-electron chi connectivity index (χ2n) is 4.70. The zero-order valence-electron chi connectivity index (χ0n) is 10.2. The highest BCUT2D eigenvalue weighted by atomic mass is 16.1. The predicted octanol–water partition coefficient (Wildman–Crippen LogP) is 2.26. The molecular weight excluding hydrogens is 210 g/mol. The number of hydrogen-bond donors (Lipinski definition) is 1. The van der Waals surface area contributed by atoms with Crippen molar-refractivity contribution in [3.63, 3.8) is 0 Å². The largest absolute Gasteiger partial charge is 0.324 e. The standard InChI is InChI=1S/C15H19NO/c1-2-11-3-5-12(6-4-11)9-15(17)13-7-8-14(16)10-13/h3-8,13-14H,2,9-10,16H2,1H3. The Balaban J connectivity index is 1.96. The number of Topliss-reactive ketones (excluding diaryl/α,β-unsaturated/α-hetero) is 1. The Labute approximate surface area is 103 Å². The fourth-order valence-corrected chi connectivity index (χ4v) is 2.19. The highest BCUT2D eigenvalue weighted by molar-refractivity contribution is 5.85. The molecule has 0 aromatic heterocycles. The maximum absolute atomic E-state index is 12.0. The first kappa shape index (κ1) is 12.1. The summed E-state index contributed by atoms with van der Waals surface area (Å²) in [5.74, 6) is 0.300. The number of rotatable bonds is 4. The summed E-state index contributed by atoms with van der Waals surface area (Å²) in [6.45, 7) is 2.13. The van der Waals surface area contributed by atoms with Gasteiger partial charge in [-0.15, -0.1) is 0 Å². The van der Waals surface area contributed by atoms with E-state index in [2.05, 4.69) is 31.2 Å². The van der Waals surface area contributed by atoms with Crippen LogP contribution in [0.1, 0.15) is 24.5 Å². The van der Waals surface area contributed by atoms with E-state index in [1.807, 2.05) is 12.2 Å². The van der Waals surface area contributed by atoms with Crippen LogP contribution in [0, 0.1) is 5.92 Å². The van der Waals surface area contributed by atoms with Gasteiger partial charge in [0.1, 0.15) is 5.78 Å². The van der Waals surface area contributed by atoms with Crippen LogP contribution in [-0.4, -0.2) is 11.8 Å². The lowest BCUT2D eigenvalue weighted by Crippen LogP contribution is -2.20. The molecule has 0 saturated heterocycles. The molecule has 2 N–H and O–H groups in total. The van der Waals surface area contributed by atoms with E-state index >= 15 is 0 Å². The van der Waals surface area contributed by atoms with Gasteiger partial charge < -0.3 is 5.73 Å². The van der Waals surface area contributed by atoms with Crippen LogP contribution in [0.2, 0.25) is 0 Å². The molecule has 1 aliphatic rings. The quantitative estimate of drug-likeness (QED) is 0.805. The van der Waals surface area contributed by atoms with Crippen molar-refractivity contribution in [3.05, 3.63) is 47.5 Å². The van der Waals surface area contributed by atoms with E-state index in [0.29, 0.717) is 6.42 Å². The van der Waals surface area contributed by atoms with Crippen LogP contribution in [0.5, 0.6) is 0 Å². The van der Waals surface area contributed by atoms with E-state index in [1.165, 1.54) is 5.56 Å². The lowest BCUT2D eigenvalue weighted by atomic mass is 9.96. The van der Waals surface area contributed by atoms with Crippen LogP contribution in [0.4, 0.5) is 0 Å². The Morgan fingerprint density at radius 3 is 2.41 bits per heavy atom. The molecule has 2 heteroatoms. The number of carbonyl (C=O) groups excluding carboxylic acids is 1. The summed E-state index contributed by atoms with van der Waals surface area (Å²) in [6.07, 6.45) is 6.21. The maximum Gasteiger partial charge on any atom is 0.144 e. The minimum Gasteiger partial charge on any atom is -0.324 e.